The molecule has 1 aliphatic rings. The van der Waals surface area contributed by atoms with Crippen molar-refractivity contribution in [3.05, 3.63) is 59.7 Å². The summed E-state index contributed by atoms with van der Waals surface area (Å²) in [5.41, 5.74) is 4.58. The zero-order valence-electron chi connectivity index (χ0n) is 15.9. The lowest BCUT2D eigenvalue weighted by molar-refractivity contribution is 0.00468. The van der Waals surface area contributed by atoms with Crippen molar-refractivity contribution in [2.75, 3.05) is 13.1 Å². The zero-order chi connectivity index (χ0) is 18.2. The van der Waals surface area contributed by atoms with E-state index in [-0.39, 0.29) is 0 Å². The van der Waals surface area contributed by atoms with Crippen LogP contribution in [0.2, 0.25) is 0 Å². The van der Waals surface area contributed by atoms with E-state index in [1.807, 2.05) is 0 Å². The van der Waals surface area contributed by atoms with Crippen LogP contribution in [-0.2, 0) is 13.1 Å². The molecule has 0 atom stereocenters. The molecule has 0 heterocycles. The highest BCUT2D eigenvalue weighted by atomic mass is 16.3. The molecule has 3 rings (SSSR count). The second-order valence-electron chi connectivity index (χ2n) is 7.57. The number of hydrogen-bond acceptors (Lipinski definition) is 3. The third kappa shape index (κ3) is 5.41. The minimum absolute atomic E-state index is 0.504. The Balaban J connectivity index is 1.61. The van der Waals surface area contributed by atoms with Gasteiger partial charge in [-0.3, -0.25) is 0 Å². The van der Waals surface area contributed by atoms with Gasteiger partial charge in [0.2, 0.25) is 0 Å². The Bertz CT molecular complexity index is 692. The summed E-state index contributed by atoms with van der Waals surface area (Å²) in [6.07, 6.45) is 5.42. The zero-order valence-corrected chi connectivity index (χ0v) is 15.9. The van der Waals surface area contributed by atoms with E-state index in [2.05, 4.69) is 66.1 Å². The Morgan fingerprint density at radius 1 is 0.846 bits per heavy atom. The van der Waals surface area contributed by atoms with Crippen LogP contribution in [0.15, 0.2) is 48.5 Å². The summed E-state index contributed by atoms with van der Waals surface area (Å²) in [5, 5.41) is 17.5. The van der Waals surface area contributed by atoms with Gasteiger partial charge in [-0.2, -0.15) is 0 Å². The van der Waals surface area contributed by atoms with Crippen molar-refractivity contribution >= 4 is 0 Å². The van der Waals surface area contributed by atoms with Crippen molar-refractivity contribution < 1.29 is 5.11 Å². The minimum atomic E-state index is -0.504. The van der Waals surface area contributed by atoms with Crippen molar-refractivity contribution in [3.8, 4) is 11.1 Å². The van der Waals surface area contributed by atoms with E-state index >= 15 is 0 Å². The summed E-state index contributed by atoms with van der Waals surface area (Å²) in [6, 6.07) is 17.4. The van der Waals surface area contributed by atoms with E-state index in [9.17, 15) is 5.11 Å². The van der Waals surface area contributed by atoms with E-state index in [0.717, 1.165) is 45.3 Å². The highest BCUT2D eigenvalue weighted by molar-refractivity contribution is 5.64. The molecule has 3 nitrogen and oxygen atoms in total. The molecule has 2 aromatic rings. The van der Waals surface area contributed by atoms with Gasteiger partial charge in [-0.25, -0.2) is 0 Å². The molecule has 1 fully saturated rings. The quantitative estimate of drug-likeness (QED) is 0.665. The second-order valence-corrected chi connectivity index (χ2v) is 7.57. The largest absolute Gasteiger partial charge is 0.389 e. The van der Waals surface area contributed by atoms with Crippen molar-refractivity contribution in [1.82, 2.24) is 10.6 Å². The first-order valence-corrected chi connectivity index (χ1v) is 10.0. The van der Waals surface area contributed by atoms with Crippen LogP contribution in [0.1, 0.15) is 50.2 Å². The maximum absolute atomic E-state index is 10.6. The Kier molecular flexibility index (Phi) is 6.84. The lowest BCUT2D eigenvalue weighted by Crippen LogP contribution is -2.41. The molecule has 1 aliphatic carbocycles. The molecule has 0 aromatic heterocycles. The van der Waals surface area contributed by atoms with Gasteiger partial charge in [0.15, 0.2) is 0 Å². The molecule has 1 saturated carbocycles. The summed E-state index contributed by atoms with van der Waals surface area (Å²) >= 11 is 0. The fourth-order valence-corrected chi connectivity index (χ4v) is 3.82. The van der Waals surface area contributed by atoms with E-state index in [0.29, 0.717) is 6.54 Å². The molecular formula is C23H32N2O. The van der Waals surface area contributed by atoms with Crippen LogP contribution in [0.3, 0.4) is 0 Å². The van der Waals surface area contributed by atoms with Crippen LogP contribution in [0.5, 0.6) is 0 Å². The molecule has 0 amide bonds. The predicted octanol–water partition coefficient (Wildman–Crippen LogP) is 4.25. The summed E-state index contributed by atoms with van der Waals surface area (Å²) < 4.78 is 0. The minimum Gasteiger partial charge on any atom is -0.389 e. The first-order chi connectivity index (χ1) is 12.7. The van der Waals surface area contributed by atoms with Gasteiger partial charge in [0.1, 0.15) is 0 Å². The van der Waals surface area contributed by atoms with Gasteiger partial charge < -0.3 is 15.7 Å². The van der Waals surface area contributed by atoms with Crippen molar-refractivity contribution in [3.63, 3.8) is 0 Å². The summed E-state index contributed by atoms with van der Waals surface area (Å²) in [6.45, 7) is 5.51. The first kappa shape index (κ1) is 19.1. The fraction of sp³-hybridized carbons (Fsp3) is 0.478. The van der Waals surface area contributed by atoms with E-state index in [4.69, 9.17) is 0 Å². The number of benzene rings is 2. The van der Waals surface area contributed by atoms with Gasteiger partial charge in [0.25, 0.3) is 0 Å². The Hall–Kier alpha value is -1.68. The second kappa shape index (κ2) is 9.31. The monoisotopic (exact) mass is 352 g/mol. The predicted molar refractivity (Wildman–Crippen MR) is 109 cm³/mol. The van der Waals surface area contributed by atoms with Crippen molar-refractivity contribution in [1.29, 1.82) is 0 Å². The van der Waals surface area contributed by atoms with Crippen LogP contribution < -0.4 is 10.6 Å². The number of nitrogens with one attached hydrogen (secondary N) is 2. The van der Waals surface area contributed by atoms with Crippen LogP contribution in [-0.4, -0.2) is 23.8 Å². The maximum Gasteiger partial charge on any atom is 0.0771 e. The average molecular weight is 353 g/mol. The molecule has 26 heavy (non-hydrogen) atoms. The van der Waals surface area contributed by atoms with Crippen LogP contribution >= 0.6 is 0 Å². The van der Waals surface area contributed by atoms with Gasteiger partial charge in [-0.15, -0.1) is 0 Å². The van der Waals surface area contributed by atoms with Gasteiger partial charge in [0, 0.05) is 19.6 Å². The average Bonchev–Trinajstić information content (AvgIpc) is 2.67. The molecule has 0 saturated heterocycles. The molecule has 2 aromatic carbocycles. The number of aliphatic hydroxyl groups is 1. The SMILES string of the molecule is CCNCc1cccc(-c2cccc(CNCC3(O)CCCCC3)c2)c1. The smallest absolute Gasteiger partial charge is 0.0771 e. The van der Waals surface area contributed by atoms with Crippen molar-refractivity contribution in [2.24, 2.45) is 0 Å². The third-order valence-corrected chi connectivity index (χ3v) is 5.33. The summed E-state index contributed by atoms with van der Waals surface area (Å²) in [7, 11) is 0. The fourth-order valence-electron chi connectivity index (χ4n) is 3.82. The highest BCUT2D eigenvalue weighted by Crippen LogP contribution is 2.27. The Morgan fingerprint density at radius 3 is 2.00 bits per heavy atom. The summed E-state index contributed by atoms with van der Waals surface area (Å²) in [5.74, 6) is 0. The van der Waals surface area contributed by atoms with Crippen LogP contribution in [0.25, 0.3) is 11.1 Å². The molecule has 0 aliphatic heterocycles. The summed E-state index contributed by atoms with van der Waals surface area (Å²) in [4.78, 5) is 0. The van der Waals surface area contributed by atoms with Gasteiger partial charge in [-0.05, 0) is 53.8 Å². The normalized spacial score (nSPS) is 16.5. The topological polar surface area (TPSA) is 44.3 Å². The molecule has 140 valence electrons. The van der Waals surface area contributed by atoms with Crippen LogP contribution in [0, 0.1) is 0 Å². The highest BCUT2D eigenvalue weighted by Gasteiger charge is 2.28. The van der Waals surface area contributed by atoms with E-state index in [1.165, 1.54) is 28.7 Å². The number of hydrogen-bond donors (Lipinski definition) is 3. The first-order valence-electron chi connectivity index (χ1n) is 10.0. The van der Waals surface area contributed by atoms with Gasteiger partial charge in [-0.1, -0.05) is 62.6 Å². The lowest BCUT2D eigenvalue weighted by Gasteiger charge is -2.32. The van der Waals surface area contributed by atoms with Gasteiger partial charge in [0.05, 0.1) is 5.60 Å². The molecule has 0 bridgehead atoms. The van der Waals surface area contributed by atoms with E-state index in [1.54, 1.807) is 0 Å². The molecule has 3 heteroatoms. The van der Waals surface area contributed by atoms with Gasteiger partial charge >= 0.3 is 0 Å². The molecule has 0 radical (unpaired) electrons. The third-order valence-electron chi connectivity index (χ3n) is 5.33. The number of rotatable bonds is 8. The molecule has 0 unspecified atom stereocenters. The standard InChI is InChI=1S/C23H32N2O/c1-2-24-16-19-8-6-10-21(14-19)22-11-7-9-20(15-22)17-25-18-23(26)12-4-3-5-13-23/h6-11,14-15,24-26H,2-5,12-13,16-18H2,1H3. The Labute approximate surface area is 157 Å². The molecular weight excluding hydrogens is 320 g/mol. The van der Waals surface area contributed by atoms with Crippen LogP contribution in [0.4, 0.5) is 0 Å². The molecule has 3 N–H and O–H groups in total. The van der Waals surface area contributed by atoms with E-state index < -0.39 is 5.60 Å². The lowest BCUT2D eigenvalue weighted by atomic mass is 9.85. The van der Waals surface area contributed by atoms with Crippen molar-refractivity contribution in [2.45, 2.75) is 57.7 Å². The molecule has 0 spiro atoms. The maximum atomic E-state index is 10.6. The Morgan fingerprint density at radius 2 is 1.42 bits per heavy atom.